The van der Waals surface area contributed by atoms with Gasteiger partial charge in [-0.05, 0) is 19.1 Å². The van der Waals surface area contributed by atoms with Crippen molar-refractivity contribution >= 4 is 17.1 Å². The fourth-order valence-corrected chi connectivity index (χ4v) is 2.01. The zero-order valence-electron chi connectivity index (χ0n) is 11.4. The third-order valence-electron chi connectivity index (χ3n) is 2.97. The van der Waals surface area contributed by atoms with Crippen molar-refractivity contribution in [2.75, 3.05) is 6.61 Å². The van der Waals surface area contributed by atoms with Gasteiger partial charge in [-0.1, -0.05) is 16.8 Å². The molecule has 0 aliphatic rings. The molecule has 8 heteroatoms. The lowest BCUT2D eigenvalue weighted by atomic mass is 10.3. The molecule has 0 spiro atoms. The van der Waals surface area contributed by atoms with Crippen LogP contribution in [-0.4, -0.2) is 32.0 Å². The Hall–Kier alpha value is -2.90. The number of para-hydroxylation sites is 2. The minimum atomic E-state index is -0.907. The van der Waals surface area contributed by atoms with Gasteiger partial charge in [-0.2, -0.15) is 0 Å². The molecule has 2 heterocycles. The Bertz CT molecular complexity index is 874. The summed E-state index contributed by atoms with van der Waals surface area (Å²) >= 11 is 0. The maximum absolute atomic E-state index is 11.7. The lowest BCUT2D eigenvalue weighted by Gasteiger charge is -1.97. The predicted molar refractivity (Wildman–Crippen MR) is 72.9 cm³/mol. The Balaban J connectivity index is 2.11. The molecule has 0 atom stereocenters. The van der Waals surface area contributed by atoms with E-state index < -0.39 is 11.8 Å². The van der Waals surface area contributed by atoms with Crippen LogP contribution in [0.3, 0.4) is 0 Å². The maximum atomic E-state index is 11.7. The van der Waals surface area contributed by atoms with E-state index in [1.54, 1.807) is 18.5 Å². The van der Waals surface area contributed by atoms with Crippen molar-refractivity contribution in [2.24, 2.45) is 7.05 Å². The predicted octanol–water partition coefficient (Wildman–Crippen LogP) is 1.39. The minimum absolute atomic E-state index is 0.0354. The molecule has 21 heavy (non-hydrogen) atoms. The average molecular weight is 288 g/mol. The molecule has 108 valence electrons. The average Bonchev–Trinajstić information content (AvgIpc) is 3.01. The minimum Gasteiger partial charge on any atom is -0.448 e. The van der Waals surface area contributed by atoms with Gasteiger partial charge in [0.25, 0.3) is 5.89 Å². The number of hydrogen-bond donors (Lipinski definition) is 0. The molecule has 8 nitrogen and oxygen atoms in total. The van der Waals surface area contributed by atoms with Crippen LogP contribution in [0.15, 0.2) is 33.5 Å². The van der Waals surface area contributed by atoms with Crippen LogP contribution < -0.4 is 5.76 Å². The highest BCUT2D eigenvalue weighted by molar-refractivity contribution is 5.79. The number of imidazole rings is 1. The number of rotatable bonds is 2. The Morgan fingerprint density at radius 3 is 2.86 bits per heavy atom. The Morgan fingerprint density at radius 2 is 2.14 bits per heavy atom. The van der Waals surface area contributed by atoms with Crippen molar-refractivity contribution in [3.63, 3.8) is 0 Å². The highest BCUT2D eigenvalue weighted by atomic mass is 16.6. The highest BCUT2D eigenvalue weighted by Crippen LogP contribution is 2.21. The molecule has 3 rings (SSSR count). The monoisotopic (exact) mass is 288 g/mol. The van der Waals surface area contributed by atoms with E-state index in [4.69, 9.17) is 9.15 Å². The Kier molecular flexibility index (Phi) is 3.05. The summed E-state index contributed by atoms with van der Waals surface area (Å²) in [6.07, 6.45) is -0.878. The number of aryl methyl sites for hydroxylation is 1. The van der Waals surface area contributed by atoms with Crippen LogP contribution in [0.4, 0.5) is 4.79 Å². The molecular formula is C13H12N4O4. The summed E-state index contributed by atoms with van der Waals surface area (Å²) in [6, 6.07) is 7.44. The van der Waals surface area contributed by atoms with Gasteiger partial charge in [-0.25, -0.2) is 14.6 Å². The van der Waals surface area contributed by atoms with E-state index in [9.17, 15) is 9.59 Å². The van der Waals surface area contributed by atoms with Crippen LogP contribution in [0, 0.1) is 0 Å². The van der Waals surface area contributed by atoms with Crippen LogP contribution in [-0.2, 0) is 11.8 Å². The van der Waals surface area contributed by atoms with Crippen LogP contribution in [0.5, 0.6) is 0 Å². The quantitative estimate of drug-likeness (QED) is 0.707. The normalized spacial score (nSPS) is 11.0. The zero-order chi connectivity index (χ0) is 15.0. The molecule has 0 N–H and O–H groups in total. The van der Waals surface area contributed by atoms with Gasteiger partial charge in [-0.15, -0.1) is 5.10 Å². The molecule has 0 saturated carbocycles. The number of fused-ring (bicyclic) bond motifs is 1. The van der Waals surface area contributed by atoms with Gasteiger partial charge in [0, 0.05) is 7.05 Å². The number of carbonyl (C=O) groups is 1. The number of aromatic nitrogens is 4. The van der Waals surface area contributed by atoms with E-state index in [2.05, 4.69) is 10.1 Å². The fourth-order valence-electron chi connectivity index (χ4n) is 2.01. The van der Waals surface area contributed by atoms with Crippen molar-refractivity contribution in [1.29, 1.82) is 0 Å². The van der Waals surface area contributed by atoms with Gasteiger partial charge in [0.1, 0.15) is 0 Å². The van der Waals surface area contributed by atoms with Gasteiger partial charge in [0.05, 0.1) is 17.6 Å². The van der Waals surface area contributed by atoms with E-state index in [0.29, 0.717) is 10.5 Å². The number of benzene rings is 1. The van der Waals surface area contributed by atoms with Gasteiger partial charge in [0.15, 0.2) is 5.82 Å². The number of nitrogens with zero attached hydrogens (tertiary/aromatic N) is 4. The van der Waals surface area contributed by atoms with Gasteiger partial charge in [-0.3, -0.25) is 0 Å². The molecule has 0 amide bonds. The molecule has 0 bridgehead atoms. The first kappa shape index (κ1) is 13.1. The first-order chi connectivity index (χ1) is 10.1. The van der Waals surface area contributed by atoms with E-state index in [1.165, 1.54) is 0 Å². The van der Waals surface area contributed by atoms with E-state index in [-0.39, 0.29) is 12.5 Å². The molecule has 0 fully saturated rings. The second-order valence-corrected chi connectivity index (χ2v) is 4.27. The van der Waals surface area contributed by atoms with Gasteiger partial charge < -0.3 is 13.7 Å². The molecule has 0 radical (unpaired) electrons. The number of hydrogen-bond acceptors (Lipinski definition) is 6. The summed E-state index contributed by atoms with van der Waals surface area (Å²) < 4.78 is 12.0. The Labute approximate surface area is 118 Å². The third-order valence-corrected chi connectivity index (χ3v) is 2.97. The summed E-state index contributed by atoms with van der Waals surface area (Å²) in [6.45, 7) is 1.77. The van der Waals surface area contributed by atoms with Crippen molar-refractivity contribution in [2.45, 2.75) is 6.92 Å². The topological polar surface area (TPSA) is 92.2 Å². The molecule has 2 aromatic heterocycles. The van der Waals surface area contributed by atoms with Crippen molar-refractivity contribution < 1.29 is 13.9 Å². The largest absolute Gasteiger partial charge is 0.448 e. The highest BCUT2D eigenvalue weighted by Gasteiger charge is 2.20. The molecule has 0 saturated heterocycles. The van der Waals surface area contributed by atoms with Crippen molar-refractivity contribution in [1.82, 2.24) is 19.3 Å². The summed E-state index contributed by atoms with van der Waals surface area (Å²) in [5.74, 6) is -0.585. The van der Waals surface area contributed by atoms with Crippen LogP contribution in [0.1, 0.15) is 6.92 Å². The molecule has 0 unspecified atom stereocenters. The standard InChI is InChI=1S/C13H12N4O4/c1-3-20-12(18)17-13(19)21-11(15-17)10-14-8-6-4-5-7-9(8)16(10)2/h4-7H,3H2,1-2H3. The number of ether oxygens (including phenoxy) is 1. The van der Waals surface area contributed by atoms with Crippen LogP contribution in [0.2, 0.25) is 0 Å². The molecule has 0 aliphatic heterocycles. The molecular weight excluding hydrogens is 276 g/mol. The summed E-state index contributed by atoms with van der Waals surface area (Å²) in [7, 11) is 1.77. The second kappa shape index (κ2) is 4.89. The number of carbonyl (C=O) groups excluding carboxylic acids is 1. The first-order valence-corrected chi connectivity index (χ1v) is 6.31. The molecule has 0 aliphatic carbocycles. The van der Waals surface area contributed by atoms with Crippen molar-refractivity contribution in [3.8, 4) is 11.7 Å². The summed E-state index contributed by atoms with van der Waals surface area (Å²) in [5, 5.41) is 3.83. The smallest absolute Gasteiger partial charge is 0.447 e. The SMILES string of the molecule is CCOC(=O)n1nc(-c2nc3ccccc3n2C)oc1=O. The second-order valence-electron chi connectivity index (χ2n) is 4.27. The van der Waals surface area contributed by atoms with Crippen molar-refractivity contribution in [3.05, 3.63) is 34.8 Å². The fraction of sp³-hybridized carbons (Fsp3) is 0.231. The first-order valence-electron chi connectivity index (χ1n) is 6.31. The van der Waals surface area contributed by atoms with Crippen LogP contribution in [0.25, 0.3) is 22.7 Å². The third kappa shape index (κ3) is 2.10. The summed E-state index contributed by atoms with van der Waals surface area (Å²) in [4.78, 5) is 27.6. The van der Waals surface area contributed by atoms with Gasteiger partial charge in [0.2, 0.25) is 0 Å². The summed E-state index contributed by atoms with van der Waals surface area (Å²) in [5.41, 5.74) is 1.60. The van der Waals surface area contributed by atoms with E-state index in [1.807, 2.05) is 24.3 Å². The molecule has 1 aromatic carbocycles. The van der Waals surface area contributed by atoms with E-state index >= 15 is 0 Å². The van der Waals surface area contributed by atoms with Crippen LogP contribution >= 0.6 is 0 Å². The van der Waals surface area contributed by atoms with Gasteiger partial charge >= 0.3 is 11.8 Å². The van der Waals surface area contributed by atoms with E-state index in [0.717, 1.165) is 11.0 Å². The lowest BCUT2D eigenvalue weighted by Crippen LogP contribution is -2.25. The lowest BCUT2D eigenvalue weighted by molar-refractivity contribution is 0.148. The zero-order valence-corrected chi connectivity index (χ0v) is 11.4. The Morgan fingerprint density at radius 1 is 1.38 bits per heavy atom. The molecule has 3 aromatic rings. The maximum Gasteiger partial charge on any atom is 0.447 e.